The summed E-state index contributed by atoms with van der Waals surface area (Å²) in [6.45, 7) is 1.76. The van der Waals surface area contributed by atoms with E-state index in [2.05, 4.69) is 20.0 Å². The third-order valence-corrected chi connectivity index (χ3v) is 7.01. The number of aromatic nitrogens is 2. The van der Waals surface area contributed by atoms with E-state index in [4.69, 9.17) is 0 Å². The summed E-state index contributed by atoms with van der Waals surface area (Å²) in [6, 6.07) is 14.9. The lowest BCUT2D eigenvalue weighted by atomic mass is 10.1. The molecule has 10 heteroatoms. The second-order valence-corrected chi connectivity index (χ2v) is 10.1. The SMILES string of the molecule is C[C@@H](NC(=O)c1ccc(I)cc1NS(=O)(=O)c1cccc2nccnc12)c1ccc(F)cc1. The molecule has 0 fully saturated rings. The van der Waals surface area contributed by atoms with Crippen LogP contribution in [0.1, 0.15) is 28.9 Å². The number of rotatable bonds is 6. The first-order valence-corrected chi connectivity index (χ1v) is 12.4. The Balaban J connectivity index is 1.65. The highest BCUT2D eigenvalue weighted by Gasteiger charge is 2.23. The van der Waals surface area contributed by atoms with Crippen molar-refractivity contribution in [3.05, 3.63) is 93.6 Å². The van der Waals surface area contributed by atoms with Gasteiger partial charge in [0.1, 0.15) is 16.2 Å². The lowest BCUT2D eigenvalue weighted by Gasteiger charge is -2.17. The van der Waals surface area contributed by atoms with Gasteiger partial charge in [0, 0.05) is 16.0 Å². The third kappa shape index (κ3) is 5.11. The van der Waals surface area contributed by atoms with E-state index in [-0.39, 0.29) is 27.5 Å². The maximum atomic E-state index is 13.2. The Hall–Kier alpha value is -3.12. The van der Waals surface area contributed by atoms with Gasteiger partial charge in [-0.15, -0.1) is 0 Å². The Kier molecular flexibility index (Phi) is 6.56. The average molecular weight is 576 g/mol. The fourth-order valence-corrected chi connectivity index (χ4v) is 5.02. The van der Waals surface area contributed by atoms with E-state index in [1.807, 2.05) is 22.6 Å². The molecule has 0 bridgehead atoms. The number of carbonyl (C=O) groups excluding carboxylic acids is 1. The number of anilines is 1. The molecule has 4 rings (SSSR count). The first kappa shape index (κ1) is 23.1. The highest BCUT2D eigenvalue weighted by molar-refractivity contribution is 14.1. The van der Waals surface area contributed by atoms with Gasteiger partial charge in [0.15, 0.2) is 0 Å². The van der Waals surface area contributed by atoms with Crippen molar-refractivity contribution in [2.24, 2.45) is 0 Å². The predicted octanol–water partition coefficient (Wildman–Crippen LogP) is 4.67. The molecule has 0 aliphatic rings. The second kappa shape index (κ2) is 9.40. The van der Waals surface area contributed by atoms with E-state index >= 15 is 0 Å². The Labute approximate surface area is 203 Å². The van der Waals surface area contributed by atoms with Crippen molar-refractivity contribution in [3.63, 3.8) is 0 Å². The quantitative estimate of drug-likeness (QED) is 0.325. The van der Waals surface area contributed by atoms with Crippen LogP contribution >= 0.6 is 22.6 Å². The van der Waals surface area contributed by atoms with Gasteiger partial charge in [-0.2, -0.15) is 0 Å². The summed E-state index contributed by atoms with van der Waals surface area (Å²) in [5.41, 5.74) is 1.67. The topological polar surface area (TPSA) is 101 Å². The van der Waals surface area contributed by atoms with Gasteiger partial charge < -0.3 is 5.32 Å². The van der Waals surface area contributed by atoms with Crippen LogP contribution in [-0.2, 0) is 10.0 Å². The molecule has 7 nitrogen and oxygen atoms in total. The van der Waals surface area contributed by atoms with Crippen molar-refractivity contribution >= 4 is 55.2 Å². The van der Waals surface area contributed by atoms with Gasteiger partial charge in [-0.3, -0.25) is 19.5 Å². The number of hydrogen-bond donors (Lipinski definition) is 2. The minimum atomic E-state index is -4.08. The molecule has 0 aliphatic carbocycles. The molecule has 1 amide bonds. The van der Waals surface area contributed by atoms with E-state index in [1.54, 1.807) is 49.4 Å². The summed E-state index contributed by atoms with van der Waals surface area (Å²) >= 11 is 2.04. The number of benzene rings is 3. The minimum absolute atomic E-state index is 0.0435. The van der Waals surface area contributed by atoms with Crippen LogP contribution in [0.25, 0.3) is 11.0 Å². The molecule has 4 aromatic rings. The first-order valence-electron chi connectivity index (χ1n) is 9.83. The van der Waals surface area contributed by atoms with Crippen LogP contribution in [0.4, 0.5) is 10.1 Å². The van der Waals surface area contributed by atoms with Crippen LogP contribution in [0.2, 0.25) is 0 Å². The van der Waals surface area contributed by atoms with Gasteiger partial charge in [0.2, 0.25) is 0 Å². The predicted molar refractivity (Wildman–Crippen MR) is 132 cm³/mol. The third-order valence-electron chi connectivity index (χ3n) is 4.94. The van der Waals surface area contributed by atoms with Crippen molar-refractivity contribution in [3.8, 4) is 0 Å². The Morgan fingerprint density at radius 2 is 1.76 bits per heavy atom. The van der Waals surface area contributed by atoms with Crippen molar-refractivity contribution in [1.82, 2.24) is 15.3 Å². The summed E-state index contributed by atoms with van der Waals surface area (Å²) in [5, 5.41) is 2.83. The lowest BCUT2D eigenvalue weighted by molar-refractivity contribution is 0.0941. The summed E-state index contributed by atoms with van der Waals surface area (Å²) in [4.78, 5) is 21.3. The smallest absolute Gasteiger partial charge is 0.264 e. The van der Waals surface area contributed by atoms with E-state index in [9.17, 15) is 17.6 Å². The fourth-order valence-electron chi connectivity index (χ4n) is 3.29. The maximum Gasteiger partial charge on any atom is 0.264 e. The van der Waals surface area contributed by atoms with Crippen LogP contribution in [0, 0.1) is 9.39 Å². The molecule has 33 heavy (non-hydrogen) atoms. The zero-order valence-electron chi connectivity index (χ0n) is 17.3. The van der Waals surface area contributed by atoms with Crippen LogP contribution in [-0.4, -0.2) is 24.3 Å². The summed E-state index contributed by atoms with van der Waals surface area (Å²) in [7, 11) is -4.08. The molecule has 3 aromatic carbocycles. The average Bonchev–Trinajstić information content (AvgIpc) is 2.78. The molecule has 168 valence electrons. The Morgan fingerprint density at radius 3 is 2.52 bits per heavy atom. The molecule has 1 atom stereocenters. The first-order chi connectivity index (χ1) is 15.7. The van der Waals surface area contributed by atoms with Gasteiger partial charge >= 0.3 is 0 Å². The van der Waals surface area contributed by atoms with E-state index in [0.29, 0.717) is 11.1 Å². The highest BCUT2D eigenvalue weighted by Crippen LogP contribution is 2.26. The largest absolute Gasteiger partial charge is 0.345 e. The normalized spacial score (nSPS) is 12.3. The maximum absolute atomic E-state index is 13.2. The van der Waals surface area contributed by atoms with Gasteiger partial charge in [-0.05, 0) is 77.5 Å². The van der Waals surface area contributed by atoms with E-state index in [0.717, 1.165) is 3.57 Å². The standard InChI is InChI=1S/C23H18FIN4O3S/c1-14(15-5-7-16(24)8-6-15)28-23(30)18-10-9-17(25)13-20(18)29-33(31,32)21-4-2-3-19-22(21)27-12-11-26-19/h2-14,29H,1H3,(H,28,30)/t14-/m1/s1. The molecule has 0 saturated carbocycles. The number of amides is 1. The van der Waals surface area contributed by atoms with Gasteiger partial charge in [-0.1, -0.05) is 18.2 Å². The Bertz CT molecular complexity index is 1440. The summed E-state index contributed by atoms with van der Waals surface area (Å²) in [6.07, 6.45) is 2.90. The molecule has 1 aromatic heterocycles. The van der Waals surface area contributed by atoms with Crippen molar-refractivity contribution in [1.29, 1.82) is 0 Å². The number of sulfonamides is 1. The molecular formula is C23H18FIN4O3S. The number of para-hydroxylation sites is 1. The number of halogens is 2. The van der Waals surface area contributed by atoms with Crippen LogP contribution < -0.4 is 10.0 Å². The van der Waals surface area contributed by atoms with E-state index < -0.39 is 22.0 Å². The van der Waals surface area contributed by atoms with E-state index in [1.165, 1.54) is 30.6 Å². The zero-order chi connectivity index (χ0) is 23.6. The molecule has 1 heterocycles. The number of nitrogens with zero attached hydrogens (tertiary/aromatic N) is 2. The van der Waals surface area contributed by atoms with Gasteiger partial charge in [-0.25, -0.2) is 12.8 Å². The minimum Gasteiger partial charge on any atom is -0.345 e. The second-order valence-electron chi connectivity index (χ2n) is 7.22. The van der Waals surface area contributed by atoms with Crippen molar-refractivity contribution in [2.75, 3.05) is 4.72 Å². The molecule has 0 spiro atoms. The van der Waals surface area contributed by atoms with Crippen molar-refractivity contribution in [2.45, 2.75) is 17.9 Å². The summed E-state index contributed by atoms with van der Waals surface area (Å²) < 4.78 is 42.9. The number of fused-ring (bicyclic) bond motifs is 1. The molecule has 0 radical (unpaired) electrons. The highest BCUT2D eigenvalue weighted by atomic mass is 127. The van der Waals surface area contributed by atoms with Gasteiger partial charge in [0.05, 0.1) is 22.8 Å². The molecule has 0 saturated heterocycles. The molecular weight excluding hydrogens is 558 g/mol. The molecule has 0 unspecified atom stereocenters. The lowest BCUT2D eigenvalue weighted by Crippen LogP contribution is -2.28. The van der Waals surface area contributed by atoms with Crippen molar-refractivity contribution < 1.29 is 17.6 Å². The Morgan fingerprint density at radius 1 is 1.03 bits per heavy atom. The van der Waals surface area contributed by atoms with Crippen LogP contribution in [0.3, 0.4) is 0 Å². The molecule has 0 aliphatic heterocycles. The fraction of sp³-hybridized carbons (Fsp3) is 0.0870. The molecule has 2 N–H and O–H groups in total. The number of hydrogen-bond acceptors (Lipinski definition) is 5. The van der Waals surface area contributed by atoms with Crippen LogP contribution in [0.15, 0.2) is 78.0 Å². The number of carbonyl (C=O) groups is 1. The number of nitrogens with one attached hydrogen (secondary N) is 2. The zero-order valence-corrected chi connectivity index (χ0v) is 20.3. The monoisotopic (exact) mass is 576 g/mol. The van der Waals surface area contributed by atoms with Gasteiger partial charge in [0.25, 0.3) is 15.9 Å². The van der Waals surface area contributed by atoms with Crippen LogP contribution in [0.5, 0.6) is 0 Å². The summed E-state index contributed by atoms with van der Waals surface area (Å²) in [5.74, 6) is -0.844.